The number of carbonyl (C=O) groups excluding carboxylic acids is 1. The van der Waals surface area contributed by atoms with E-state index in [0.717, 1.165) is 16.8 Å². The van der Waals surface area contributed by atoms with Crippen LogP contribution in [0.25, 0.3) is 5.76 Å². The maximum absolute atomic E-state index is 13.0. The first kappa shape index (κ1) is 19.9. The number of aliphatic hydroxyl groups excluding tert-OH is 1. The first-order valence-electron chi connectivity index (χ1n) is 10.6. The predicted molar refractivity (Wildman–Crippen MR) is 126 cm³/mol. The molecule has 0 bridgehead atoms. The summed E-state index contributed by atoms with van der Waals surface area (Å²) in [6.07, 6.45) is 1.96. The molecule has 0 aromatic heterocycles. The third-order valence-corrected chi connectivity index (χ3v) is 6.05. The maximum Gasteiger partial charge on any atom is 0.199 e. The first-order chi connectivity index (χ1) is 15.5. The number of rotatable bonds is 4. The Morgan fingerprint density at radius 2 is 1.47 bits per heavy atom. The molecule has 1 aliphatic carbocycles. The van der Waals surface area contributed by atoms with Crippen molar-refractivity contribution in [2.24, 2.45) is 10.2 Å². The quantitative estimate of drug-likeness (QED) is 0.554. The lowest BCUT2D eigenvalue weighted by Crippen LogP contribution is -2.14. The molecule has 0 saturated carbocycles. The number of azo groups is 1. The Morgan fingerprint density at radius 3 is 2.12 bits per heavy atom. The van der Waals surface area contributed by atoms with E-state index in [1.54, 1.807) is 18.2 Å². The van der Waals surface area contributed by atoms with Gasteiger partial charge < -0.3 is 10.0 Å². The number of benzene rings is 3. The van der Waals surface area contributed by atoms with Gasteiger partial charge in [-0.05, 0) is 29.3 Å². The number of nitrogens with zero attached hydrogens (tertiary/aromatic N) is 3. The zero-order valence-electron chi connectivity index (χ0n) is 17.9. The van der Waals surface area contributed by atoms with Crippen LogP contribution in [0, 0.1) is 0 Å². The molecule has 0 fully saturated rings. The van der Waals surface area contributed by atoms with E-state index in [9.17, 15) is 9.90 Å². The fourth-order valence-electron chi connectivity index (χ4n) is 4.32. The van der Waals surface area contributed by atoms with Crippen molar-refractivity contribution in [1.82, 2.24) is 0 Å². The minimum atomic E-state index is -0.223. The Morgan fingerprint density at radius 1 is 0.812 bits per heavy atom. The molecule has 158 valence electrons. The van der Waals surface area contributed by atoms with E-state index >= 15 is 0 Å². The number of hydrogen-bond donors (Lipinski definition) is 1. The van der Waals surface area contributed by atoms with Gasteiger partial charge in [-0.15, -0.1) is 0 Å². The van der Waals surface area contributed by atoms with Crippen LogP contribution in [0.1, 0.15) is 39.0 Å². The van der Waals surface area contributed by atoms with Crippen molar-refractivity contribution >= 4 is 17.2 Å². The van der Waals surface area contributed by atoms with Crippen LogP contribution in [-0.2, 0) is 0 Å². The molecule has 1 N–H and O–H groups in total. The zero-order chi connectivity index (χ0) is 22.2. The Bertz CT molecular complexity index is 1270. The van der Waals surface area contributed by atoms with E-state index in [1.165, 1.54) is 0 Å². The van der Waals surface area contributed by atoms with Gasteiger partial charge in [0.1, 0.15) is 11.8 Å². The fourth-order valence-corrected chi connectivity index (χ4v) is 4.32. The number of carbonyl (C=O) groups is 1. The van der Waals surface area contributed by atoms with Crippen molar-refractivity contribution in [3.05, 3.63) is 118 Å². The molecule has 3 aromatic carbocycles. The summed E-state index contributed by atoms with van der Waals surface area (Å²) in [4.78, 5) is 15.1. The second kappa shape index (κ2) is 7.93. The number of hydrogen-bond acceptors (Lipinski definition) is 5. The van der Waals surface area contributed by atoms with E-state index in [1.807, 2.05) is 44.4 Å². The average Bonchev–Trinajstić information content (AvgIpc) is 3.09. The molecule has 32 heavy (non-hydrogen) atoms. The Balaban J connectivity index is 1.57. The molecular weight excluding hydrogens is 398 g/mol. The highest BCUT2D eigenvalue weighted by Crippen LogP contribution is 2.44. The summed E-state index contributed by atoms with van der Waals surface area (Å²) in [5.74, 6) is -0.369. The van der Waals surface area contributed by atoms with Crippen LogP contribution in [0.4, 0.5) is 5.69 Å². The number of aliphatic hydroxyl groups is 1. The Hall–Kier alpha value is -3.99. The molecule has 5 nitrogen and oxygen atoms in total. The van der Waals surface area contributed by atoms with Gasteiger partial charge in [-0.2, -0.15) is 10.2 Å². The van der Waals surface area contributed by atoms with Crippen molar-refractivity contribution in [1.29, 1.82) is 0 Å². The molecule has 0 spiro atoms. The van der Waals surface area contributed by atoms with Crippen molar-refractivity contribution in [3.8, 4) is 0 Å². The largest absolute Gasteiger partial charge is 0.506 e. The van der Waals surface area contributed by atoms with E-state index in [4.69, 9.17) is 0 Å². The molecule has 3 aromatic rings. The van der Waals surface area contributed by atoms with Gasteiger partial charge in [0.05, 0.1) is 11.3 Å². The number of Topliss-reactive ketones (excluding diaryl/α,β-unsaturated/α-hetero) is 1. The molecular formula is C27H23N3O2. The van der Waals surface area contributed by atoms with E-state index < -0.39 is 0 Å². The molecule has 1 aliphatic heterocycles. The van der Waals surface area contributed by atoms with Crippen LogP contribution in [0.5, 0.6) is 0 Å². The monoisotopic (exact) mass is 421 g/mol. The summed E-state index contributed by atoms with van der Waals surface area (Å²) < 4.78 is 0. The lowest BCUT2D eigenvalue weighted by molar-refractivity contribution is 0.103. The maximum atomic E-state index is 13.0. The average molecular weight is 422 g/mol. The Labute approximate surface area is 187 Å². The Kier molecular flexibility index (Phi) is 4.94. The smallest absolute Gasteiger partial charge is 0.199 e. The fraction of sp³-hybridized carbons (Fsp3) is 0.148. The molecule has 2 aliphatic rings. The van der Waals surface area contributed by atoms with Crippen LogP contribution in [0.3, 0.4) is 0 Å². The van der Waals surface area contributed by atoms with E-state index in [2.05, 4.69) is 51.5 Å². The lowest BCUT2D eigenvalue weighted by Gasteiger charge is -2.26. The van der Waals surface area contributed by atoms with Gasteiger partial charge in [-0.25, -0.2) is 0 Å². The molecule has 1 heterocycles. The van der Waals surface area contributed by atoms with Gasteiger partial charge in [0.25, 0.3) is 0 Å². The SMILES string of the molecule is CN(C)c1ccc([C@H]2N=NC(C3=C(O)c4ccccc4C3=O)=C[C@H]2c2ccccc2)cc1. The lowest BCUT2D eigenvalue weighted by atomic mass is 9.85. The summed E-state index contributed by atoms with van der Waals surface area (Å²) in [5, 5.41) is 19.9. The molecule has 0 amide bonds. The summed E-state index contributed by atoms with van der Waals surface area (Å²) in [6, 6.07) is 25.2. The molecule has 0 unspecified atom stereocenters. The zero-order valence-corrected chi connectivity index (χ0v) is 17.9. The number of fused-ring (bicyclic) bond motifs is 1. The number of anilines is 1. The normalized spacial score (nSPS) is 19.7. The number of allylic oxidation sites excluding steroid dienone is 1. The standard InChI is InChI=1S/C27H23N3O2/c1-30(2)19-14-12-18(13-15-19)25-22(17-8-4-3-5-9-17)16-23(28-29-25)24-26(31)20-10-6-7-11-21(20)27(24)32/h3-16,22,25,31H,1-2H3/t22-,25+/m0/s1. The predicted octanol–water partition coefficient (Wildman–Crippen LogP) is 6.09. The van der Waals surface area contributed by atoms with Crippen molar-refractivity contribution in [2.45, 2.75) is 12.0 Å². The number of ketones is 1. The summed E-state index contributed by atoms with van der Waals surface area (Å²) in [7, 11) is 4.02. The summed E-state index contributed by atoms with van der Waals surface area (Å²) >= 11 is 0. The molecule has 2 atom stereocenters. The van der Waals surface area contributed by atoms with Gasteiger partial charge >= 0.3 is 0 Å². The molecule has 5 rings (SSSR count). The highest BCUT2D eigenvalue weighted by Gasteiger charge is 2.35. The summed E-state index contributed by atoms with van der Waals surface area (Å²) in [6.45, 7) is 0. The van der Waals surface area contributed by atoms with Gasteiger partial charge in [-0.1, -0.05) is 66.7 Å². The third kappa shape index (κ3) is 3.32. The highest BCUT2D eigenvalue weighted by atomic mass is 16.3. The molecule has 5 heteroatoms. The minimum Gasteiger partial charge on any atom is -0.506 e. The third-order valence-electron chi connectivity index (χ3n) is 6.05. The van der Waals surface area contributed by atoms with Crippen LogP contribution in [-0.4, -0.2) is 25.0 Å². The van der Waals surface area contributed by atoms with Crippen molar-refractivity contribution in [2.75, 3.05) is 19.0 Å². The second-order valence-corrected chi connectivity index (χ2v) is 8.23. The minimum absolute atomic E-state index is 0.0311. The van der Waals surface area contributed by atoms with Gasteiger partial charge in [0.15, 0.2) is 5.78 Å². The van der Waals surface area contributed by atoms with Gasteiger partial charge in [0.2, 0.25) is 0 Å². The van der Waals surface area contributed by atoms with Crippen LogP contribution in [0.15, 0.2) is 106 Å². The topological polar surface area (TPSA) is 65.3 Å². The molecule has 0 radical (unpaired) electrons. The highest BCUT2D eigenvalue weighted by molar-refractivity contribution is 6.22. The van der Waals surface area contributed by atoms with Gasteiger partial charge in [0, 0.05) is 36.8 Å². The summed E-state index contributed by atoms with van der Waals surface area (Å²) in [5.41, 5.74) is 4.90. The van der Waals surface area contributed by atoms with E-state index in [0.29, 0.717) is 16.8 Å². The van der Waals surface area contributed by atoms with Gasteiger partial charge in [-0.3, -0.25) is 4.79 Å². The van der Waals surface area contributed by atoms with Crippen LogP contribution < -0.4 is 4.90 Å². The first-order valence-corrected chi connectivity index (χ1v) is 10.6. The van der Waals surface area contributed by atoms with Crippen LogP contribution >= 0.6 is 0 Å². The van der Waals surface area contributed by atoms with E-state index in [-0.39, 0.29) is 29.1 Å². The van der Waals surface area contributed by atoms with Crippen molar-refractivity contribution in [3.63, 3.8) is 0 Å². The second-order valence-electron chi connectivity index (χ2n) is 8.23. The van der Waals surface area contributed by atoms with Crippen LogP contribution in [0.2, 0.25) is 0 Å². The molecule has 0 saturated heterocycles. The van der Waals surface area contributed by atoms with Crippen molar-refractivity contribution < 1.29 is 9.90 Å².